The molecule has 4 aromatic rings. The summed E-state index contributed by atoms with van der Waals surface area (Å²) in [6.45, 7) is -1.38. The number of carbonyl (C=O) groups is 4. The predicted octanol–water partition coefficient (Wildman–Crippen LogP) is -0.235. The molecule has 0 unspecified atom stereocenters. The topological polar surface area (TPSA) is 205 Å². The molecule has 2 amide bonds. The van der Waals surface area contributed by atoms with Crippen molar-refractivity contribution < 1.29 is 48.4 Å². The zero-order chi connectivity index (χ0) is 30.8. The van der Waals surface area contributed by atoms with Crippen LogP contribution in [0.4, 0.5) is 8.78 Å². The van der Waals surface area contributed by atoms with Crippen molar-refractivity contribution in [3.8, 4) is 33.8 Å². The number of hydrogen-bond donors (Lipinski definition) is 4. The Morgan fingerprint density at radius 3 is 1.33 bits per heavy atom. The summed E-state index contributed by atoms with van der Waals surface area (Å²) in [6, 6.07) is 13.8. The van der Waals surface area contributed by atoms with Crippen LogP contribution in [0.25, 0.3) is 22.3 Å². The molecule has 0 spiro atoms. The van der Waals surface area contributed by atoms with Gasteiger partial charge in [0.15, 0.2) is 11.4 Å². The van der Waals surface area contributed by atoms with Gasteiger partial charge in [-0.3, -0.25) is 9.59 Å². The summed E-state index contributed by atoms with van der Waals surface area (Å²) in [4.78, 5) is 51.2. The van der Waals surface area contributed by atoms with Crippen molar-refractivity contribution >= 4 is 61.5 Å². The number of halogens is 2. The van der Waals surface area contributed by atoms with E-state index in [1.165, 1.54) is 60.9 Å². The molecule has 0 radical (unpaired) electrons. The van der Waals surface area contributed by atoms with Crippen LogP contribution in [0.15, 0.2) is 73.1 Å². The van der Waals surface area contributed by atoms with Crippen LogP contribution < -0.4 is 20.8 Å². The van der Waals surface area contributed by atoms with E-state index in [4.69, 9.17) is 0 Å². The second kappa shape index (κ2) is 16.1. The standard InChI is InChI=1S/2C14H11FN2O4.Ca/c2*15-10-3-1-2-8(4-10)9-5-11(18)13(16-6-9)14(21)17-7-12(19)20;/h2*1-6,18H,7H2,(H,17,21)(H,19,20);/q;;+2/p-2. The van der Waals surface area contributed by atoms with Crippen LogP contribution in [0.1, 0.15) is 21.0 Å². The molecular formula is C28H20CaF2N4O8. The van der Waals surface area contributed by atoms with Gasteiger partial charge in [0.2, 0.25) is 0 Å². The number of rotatable bonds is 8. The van der Waals surface area contributed by atoms with Gasteiger partial charge in [-0.15, -0.1) is 0 Å². The van der Waals surface area contributed by atoms with E-state index >= 15 is 0 Å². The molecule has 2 aromatic heterocycles. The molecule has 0 bridgehead atoms. The number of carbonyl (C=O) groups excluding carboxylic acids is 4. The molecule has 2 aromatic carbocycles. The van der Waals surface area contributed by atoms with Crippen LogP contribution >= 0.6 is 0 Å². The first-order valence-electron chi connectivity index (χ1n) is 11.8. The van der Waals surface area contributed by atoms with E-state index in [2.05, 4.69) is 9.97 Å². The normalized spacial score (nSPS) is 9.91. The van der Waals surface area contributed by atoms with Crippen molar-refractivity contribution in [1.29, 1.82) is 0 Å². The van der Waals surface area contributed by atoms with E-state index in [-0.39, 0.29) is 49.1 Å². The van der Waals surface area contributed by atoms with Crippen molar-refractivity contribution in [2.24, 2.45) is 0 Å². The summed E-state index contributed by atoms with van der Waals surface area (Å²) in [5, 5.41) is 44.1. The Labute approximate surface area is 272 Å². The number of pyridine rings is 2. The van der Waals surface area contributed by atoms with Gasteiger partial charge in [0.25, 0.3) is 11.8 Å². The second-order valence-corrected chi connectivity index (χ2v) is 8.31. The van der Waals surface area contributed by atoms with Crippen LogP contribution in [-0.2, 0) is 9.59 Å². The van der Waals surface area contributed by atoms with E-state index in [1.54, 1.807) is 12.1 Å². The molecule has 43 heavy (non-hydrogen) atoms. The zero-order valence-electron chi connectivity index (χ0n) is 22.0. The van der Waals surface area contributed by atoms with Crippen molar-refractivity contribution in [2.75, 3.05) is 13.1 Å². The summed E-state index contributed by atoms with van der Waals surface area (Å²) >= 11 is 0. The van der Waals surface area contributed by atoms with Crippen molar-refractivity contribution in [2.45, 2.75) is 0 Å². The second-order valence-electron chi connectivity index (χ2n) is 8.31. The van der Waals surface area contributed by atoms with Crippen LogP contribution in [0.2, 0.25) is 0 Å². The molecule has 216 valence electrons. The van der Waals surface area contributed by atoms with Gasteiger partial charge in [0, 0.05) is 23.5 Å². The SMILES string of the molecule is O=C([O-])CNC(=O)c1ncc(-c2cccc(F)c2)cc1O.O=C([O-])CNC(=O)c1ncc(-c2cccc(F)c2)cc1O.[Ca+2]. The fourth-order valence-corrected chi connectivity index (χ4v) is 3.38. The first-order chi connectivity index (χ1) is 19.9. The van der Waals surface area contributed by atoms with Gasteiger partial charge in [0.05, 0.1) is 25.0 Å². The number of hydrogen-bond acceptors (Lipinski definition) is 10. The Morgan fingerprint density at radius 2 is 1.02 bits per heavy atom. The predicted molar refractivity (Wildman–Crippen MR) is 143 cm³/mol. The number of nitrogens with zero attached hydrogens (tertiary/aromatic N) is 2. The molecule has 15 heteroatoms. The number of carboxylic acid groups (broad SMARTS) is 2. The molecule has 0 aliphatic carbocycles. The van der Waals surface area contributed by atoms with Gasteiger partial charge >= 0.3 is 37.7 Å². The summed E-state index contributed by atoms with van der Waals surface area (Å²) < 4.78 is 26.3. The Bertz CT molecular complexity index is 1530. The maximum atomic E-state index is 13.1. The third-order valence-corrected chi connectivity index (χ3v) is 5.27. The molecular weight excluding hydrogens is 598 g/mol. The Kier molecular flexibility index (Phi) is 12.9. The zero-order valence-corrected chi connectivity index (χ0v) is 24.3. The van der Waals surface area contributed by atoms with Crippen LogP contribution in [-0.4, -0.2) is 94.8 Å². The number of nitrogens with one attached hydrogen (secondary N) is 2. The Hall–Kier alpha value is -4.66. The molecule has 0 aliphatic rings. The van der Waals surface area contributed by atoms with E-state index in [0.29, 0.717) is 22.3 Å². The quantitative estimate of drug-likeness (QED) is 0.191. The number of benzene rings is 2. The first kappa shape index (κ1) is 34.5. The average Bonchev–Trinajstić information content (AvgIpc) is 2.95. The molecule has 0 fully saturated rings. The van der Waals surface area contributed by atoms with Crippen molar-refractivity contribution in [1.82, 2.24) is 20.6 Å². The van der Waals surface area contributed by atoms with Gasteiger partial charge < -0.3 is 40.6 Å². The minimum atomic E-state index is -1.46. The maximum absolute atomic E-state index is 13.1. The summed E-state index contributed by atoms with van der Waals surface area (Å²) in [5.74, 6) is -6.37. The summed E-state index contributed by atoms with van der Waals surface area (Å²) in [7, 11) is 0. The summed E-state index contributed by atoms with van der Waals surface area (Å²) in [5.41, 5.74) is 1.17. The monoisotopic (exact) mass is 618 g/mol. The smallest absolute Gasteiger partial charge is 0.548 e. The fraction of sp³-hybridized carbons (Fsp3) is 0.0714. The molecule has 0 atom stereocenters. The molecule has 12 nitrogen and oxygen atoms in total. The summed E-state index contributed by atoms with van der Waals surface area (Å²) in [6.07, 6.45) is 2.56. The van der Waals surface area contributed by atoms with Crippen molar-refractivity contribution in [3.63, 3.8) is 0 Å². The third-order valence-electron chi connectivity index (χ3n) is 5.27. The number of aromatic nitrogens is 2. The Balaban J connectivity index is 0.000000293. The number of aromatic hydroxyl groups is 2. The van der Waals surface area contributed by atoms with Gasteiger partial charge in [-0.05, 0) is 47.5 Å². The first-order valence-corrected chi connectivity index (χ1v) is 11.8. The van der Waals surface area contributed by atoms with E-state index in [0.717, 1.165) is 0 Å². The third kappa shape index (κ3) is 10.3. The molecule has 0 saturated carbocycles. The number of amides is 2. The van der Waals surface area contributed by atoms with E-state index in [1.807, 2.05) is 10.6 Å². The minimum Gasteiger partial charge on any atom is -0.548 e. The van der Waals surface area contributed by atoms with Gasteiger partial charge in [0.1, 0.15) is 23.1 Å². The van der Waals surface area contributed by atoms with Crippen molar-refractivity contribution in [3.05, 3.63) is 96.1 Å². The minimum absolute atomic E-state index is 0. The maximum Gasteiger partial charge on any atom is 2.00 e. The van der Waals surface area contributed by atoms with Crippen LogP contribution in [0.5, 0.6) is 11.5 Å². The van der Waals surface area contributed by atoms with Gasteiger partial charge in [-0.2, -0.15) is 0 Å². The van der Waals surface area contributed by atoms with Crippen LogP contribution in [0, 0.1) is 11.6 Å². The van der Waals surface area contributed by atoms with E-state index < -0.39 is 60.0 Å². The van der Waals surface area contributed by atoms with E-state index in [9.17, 15) is 48.4 Å². The fourth-order valence-electron chi connectivity index (χ4n) is 3.38. The molecule has 2 heterocycles. The molecule has 0 aliphatic heterocycles. The Morgan fingerprint density at radius 1 is 0.651 bits per heavy atom. The average molecular weight is 619 g/mol. The number of carboxylic acids is 2. The van der Waals surface area contributed by atoms with Gasteiger partial charge in [-0.25, -0.2) is 18.7 Å². The molecule has 0 saturated heterocycles. The van der Waals surface area contributed by atoms with Gasteiger partial charge in [-0.1, -0.05) is 24.3 Å². The largest absolute Gasteiger partial charge is 2.00 e. The van der Waals surface area contributed by atoms with Crippen LogP contribution in [0.3, 0.4) is 0 Å². The molecule has 4 rings (SSSR count). The molecule has 4 N–H and O–H groups in total. The number of aliphatic carboxylic acids is 2.